The number of nitrogens with zero attached hydrogens (tertiary/aromatic N) is 5. The highest BCUT2D eigenvalue weighted by Crippen LogP contribution is 2.28. The molecular formula is C28H29N7S. The number of rotatable bonds is 8. The second kappa shape index (κ2) is 10.4. The van der Waals surface area contributed by atoms with Crippen LogP contribution in [0.15, 0.2) is 53.6 Å². The Hall–Kier alpha value is -3.88. The molecule has 0 spiro atoms. The lowest BCUT2D eigenvalue weighted by molar-refractivity contribution is 0.400. The lowest BCUT2D eigenvalue weighted by atomic mass is 10.0. The van der Waals surface area contributed by atoms with Crippen molar-refractivity contribution in [1.29, 1.82) is 0 Å². The average molecular weight is 496 g/mol. The summed E-state index contributed by atoms with van der Waals surface area (Å²) in [4.78, 5) is 19.2. The topological polar surface area (TPSA) is 86.4 Å². The normalized spacial score (nSPS) is 12.8. The molecule has 0 bridgehead atoms. The number of allylic oxidation sites excluding steroid dienone is 2. The van der Waals surface area contributed by atoms with Crippen molar-refractivity contribution in [2.24, 2.45) is 0 Å². The molecule has 0 aliphatic heterocycles. The van der Waals surface area contributed by atoms with E-state index in [1.807, 2.05) is 24.5 Å². The van der Waals surface area contributed by atoms with E-state index in [0.29, 0.717) is 17.2 Å². The Morgan fingerprint density at radius 2 is 2.11 bits per heavy atom. The first kappa shape index (κ1) is 23.8. The molecule has 0 saturated heterocycles. The quantitative estimate of drug-likeness (QED) is 0.336. The Balaban J connectivity index is 1.41. The fourth-order valence-corrected chi connectivity index (χ4v) is 4.79. The van der Waals surface area contributed by atoms with Crippen molar-refractivity contribution in [3.05, 3.63) is 75.3 Å². The molecule has 5 heterocycles. The first-order chi connectivity index (χ1) is 17.5. The number of fused-ring (bicyclic) bond motifs is 1. The van der Waals surface area contributed by atoms with E-state index >= 15 is 0 Å². The molecular weight excluding hydrogens is 466 g/mol. The molecule has 36 heavy (non-hydrogen) atoms. The van der Waals surface area contributed by atoms with E-state index in [1.54, 1.807) is 17.5 Å². The molecule has 0 radical (unpaired) electrons. The van der Waals surface area contributed by atoms with Gasteiger partial charge < -0.3 is 9.88 Å². The van der Waals surface area contributed by atoms with Crippen LogP contribution in [0, 0.1) is 0 Å². The largest absolute Gasteiger partial charge is 0.335 e. The predicted octanol–water partition coefficient (Wildman–Crippen LogP) is 4.26. The van der Waals surface area contributed by atoms with E-state index in [9.17, 15) is 0 Å². The Morgan fingerprint density at radius 3 is 2.92 bits per heavy atom. The fourth-order valence-electron chi connectivity index (χ4n) is 4.14. The molecule has 5 aromatic heterocycles. The summed E-state index contributed by atoms with van der Waals surface area (Å²) >= 11 is 1.67. The molecule has 0 saturated carbocycles. The third-order valence-corrected chi connectivity index (χ3v) is 6.85. The van der Waals surface area contributed by atoms with Crippen molar-refractivity contribution in [2.75, 3.05) is 20.6 Å². The zero-order valence-corrected chi connectivity index (χ0v) is 21.6. The molecule has 5 aromatic rings. The van der Waals surface area contributed by atoms with Gasteiger partial charge in [0.1, 0.15) is 5.69 Å². The van der Waals surface area contributed by atoms with Gasteiger partial charge in [-0.1, -0.05) is 12.7 Å². The number of hydrogen-bond donors (Lipinski definition) is 2. The minimum atomic E-state index is 0.649. The first-order valence-corrected chi connectivity index (χ1v) is 12.8. The van der Waals surface area contributed by atoms with Crippen LogP contribution in [-0.2, 0) is 6.42 Å². The molecule has 7 nitrogen and oxygen atoms in total. The maximum absolute atomic E-state index is 4.69. The minimum absolute atomic E-state index is 0.649. The maximum Gasteiger partial charge on any atom is 0.178 e. The summed E-state index contributed by atoms with van der Waals surface area (Å²) in [6.45, 7) is 7.42. The zero-order chi connectivity index (χ0) is 25.1. The Kier molecular flexibility index (Phi) is 6.88. The van der Waals surface area contributed by atoms with Crippen molar-refractivity contribution < 1.29 is 0 Å². The van der Waals surface area contributed by atoms with Crippen LogP contribution < -0.4 is 10.6 Å². The molecule has 0 fully saturated rings. The number of H-pyrrole nitrogens is 2. The molecule has 0 atom stereocenters. The zero-order valence-electron chi connectivity index (χ0n) is 20.7. The summed E-state index contributed by atoms with van der Waals surface area (Å²) in [7, 11) is 4.20. The van der Waals surface area contributed by atoms with Gasteiger partial charge >= 0.3 is 0 Å². The van der Waals surface area contributed by atoms with Crippen molar-refractivity contribution in [3.8, 4) is 22.6 Å². The Labute approximate surface area is 214 Å². The number of aryl methyl sites for hydroxylation is 1. The highest BCUT2D eigenvalue weighted by molar-refractivity contribution is 7.08. The van der Waals surface area contributed by atoms with Gasteiger partial charge in [0.2, 0.25) is 0 Å². The number of nitrogens with one attached hydrogen (secondary N) is 2. The van der Waals surface area contributed by atoms with E-state index < -0.39 is 0 Å². The van der Waals surface area contributed by atoms with Gasteiger partial charge in [-0.05, 0) is 97.7 Å². The van der Waals surface area contributed by atoms with Gasteiger partial charge in [-0.15, -0.1) is 0 Å². The molecule has 5 rings (SSSR count). The van der Waals surface area contributed by atoms with Gasteiger partial charge in [-0.3, -0.25) is 10.1 Å². The molecule has 0 amide bonds. The van der Waals surface area contributed by atoms with Crippen LogP contribution >= 0.6 is 11.3 Å². The molecule has 8 heteroatoms. The summed E-state index contributed by atoms with van der Waals surface area (Å²) in [5.41, 5.74) is 7.96. The van der Waals surface area contributed by atoms with Gasteiger partial charge in [0.25, 0.3) is 0 Å². The monoisotopic (exact) mass is 495 g/mol. The van der Waals surface area contributed by atoms with Crippen LogP contribution in [0.25, 0.3) is 52.0 Å². The molecule has 0 unspecified atom stereocenters. The standard InChI is InChI=1S/C28H29N7S/c1-18(22-14-20(15-29-16-22)6-5-12-35(3)4)7-8-24-19(2)25(34-33-24)28-31-26-23(21-10-13-36-17-21)9-11-30-27(26)32-28/h7-11,13-17,33H,2,5-6,12H2,1,3-4H3,(H,30,31,32)/b18-7+,24-8+. The first-order valence-electron chi connectivity index (χ1n) is 11.9. The average Bonchev–Trinajstić information content (AvgIpc) is 3.62. The molecule has 0 aliphatic carbocycles. The van der Waals surface area contributed by atoms with Crippen LogP contribution in [0.3, 0.4) is 0 Å². The van der Waals surface area contributed by atoms with E-state index in [4.69, 9.17) is 0 Å². The van der Waals surface area contributed by atoms with Gasteiger partial charge in [0, 0.05) is 29.4 Å². The maximum atomic E-state index is 4.69. The number of aromatic nitrogens is 6. The Morgan fingerprint density at radius 1 is 1.22 bits per heavy atom. The second-order valence-electron chi connectivity index (χ2n) is 9.12. The molecule has 0 aliphatic rings. The predicted molar refractivity (Wildman–Crippen MR) is 149 cm³/mol. The number of thiophene rings is 1. The van der Waals surface area contributed by atoms with Gasteiger partial charge in [0.15, 0.2) is 11.5 Å². The van der Waals surface area contributed by atoms with Crippen LogP contribution in [0.4, 0.5) is 0 Å². The highest BCUT2D eigenvalue weighted by atomic mass is 32.1. The number of aromatic amines is 2. The molecule has 182 valence electrons. The molecule has 0 aromatic carbocycles. The summed E-state index contributed by atoms with van der Waals surface area (Å²) < 4.78 is 0. The van der Waals surface area contributed by atoms with E-state index in [0.717, 1.165) is 57.7 Å². The summed E-state index contributed by atoms with van der Waals surface area (Å²) in [5, 5.41) is 13.4. The van der Waals surface area contributed by atoms with Crippen molar-refractivity contribution in [3.63, 3.8) is 0 Å². The van der Waals surface area contributed by atoms with Crippen molar-refractivity contribution >= 4 is 40.7 Å². The third-order valence-electron chi connectivity index (χ3n) is 6.17. The second-order valence-corrected chi connectivity index (χ2v) is 9.90. The van der Waals surface area contributed by atoms with E-state index in [-0.39, 0.29) is 0 Å². The number of imidazole rings is 1. The lowest BCUT2D eigenvalue weighted by Crippen LogP contribution is -2.21. The summed E-state index contributed by atoms with van der Waals surface area (Å²) in [5.74, 6) is 0.649. The van der Waals surface area contributed by atoms with Gasteiger partial charge in [0.05, 0.1) is 10.9 Å². The van der Waals surface area contributed by atoms with Crippen LogP contribution in [0.2, 0.25) is 0 Å². The SMILES string of the molecule is C=c1c(-c2nc3nccc(-c4ccsc4)c3[nH]2)n[nH]/c1=C/C=C(\C)c1cncc(CCCN(C)C)c1. The van der Waals surface area contributed by atoms with Crippen molar-refractivity contribution in [1.82, 2.24) is 35.0 Å². The minimum Gasteiger partial charge on any atom is -0.335 e. The highest BCUT2D eigenvalue weighted by Gasteiger charge is 2.14. The van der Waals surface area contributed by atoms with Gasteiger partial charge in [-0.2, -0.15) is 16.4 Å². The van der Waals surface area contributed by atoms with Crippen molar-refractivity contribution in [2.45, 2.75) is 19.8 Å². The fraction of sp³-hybridized carbons (Fsp3) is 0.214. The smallest absolute Gasteiger partial charge is 0.178 e. The summed E-state index contributed by atoms with van der Waals surface area (Å²) in [6, 6.07) is 6.32. The van der Waals surface area contributed by atoms with E-state index in [2.05, 4.69) is 91.6 Å². The van der Waals surface area contributed by atoms with Crippen LogP contribution in [0.1, 0.15) is 24.5 Å². The van der Waals surface area contributed by atoms with Gasteiger partial charge in [-0.25, -0.2) is 9.97 Å². The number of pyridine rings is 2. The lowest BCUT2D eigenvalue weighted by Gasteiger charge is -2.09. The molecule has 2 N–H and O–H groups in total. The van der Waals surface area contributed by atoms with E-state index in [1.165, 1.54) is 5.56 Å². The Bertz CT molecular complexity index is 1620. The number of hydrogen-bond acceptors (Lipinski definition) is 6. The van der Waals surface area contributed by atoms with Crippen LogP contribution in [0.5, 0.6) is 0 Å². The van der Waals surface area contributed by atoms with Crippen LogP contribution in [-0.4, -0.2) is 55.7 Å². The third kappa shape index (κ3) is 5.05. The summed E-state index contributed by atoms with van der Waals surface area (Å²) in [6.07, 6.45) is 11.9.